The van der Waals surface area contributed by atoms with Gasteiger partial charge in [-0.15, -0.1) is 0 Å². The van der Waals surface area contributed by atoms with E-state index in [-0.39, 0.29) is 11.9 Å². The van der Waals surface area contributed by atoms with E-state index in [0.717, 1.165) is 24.0 Å². The first-order valence-corrected chi connectivity index (χ1v) is 5.68. The van der Waals surface area contributed by atoms with Gasteiger partial charge in [0.2, 0.25) is 0 Å². The van der Waals surface area contributed by atoms with E-state index in [1.165, 1.54) is 0 Å². The van der Waals surface area contributed by atoms with E-state index in [1.54, 1.807) is 0 Å². The van der Waals surface area contributed by atoms with Gasteiger partial charge in [-0.2, -0.15) is 0 Å². The first-order valence-electron chi connectivity index (χ1n) is 5.68. The quantitative estimate of drug-likeness (QED) is 0.726. The average molecular weight is 216 g/mol. The van der Waals surface area contributed by atoms with Crippen LogP contribution in [0.25, 0.3) is 0 Å². The number of benzene rings is 1. The molecule has 0 aliphatic heterocycles. The Bertz CT molecular complexity index is 407. The van der Waals surface area contributed by atoms with Crippen LogP contribution in [-0.4, -0.2) is 18.5 Å². The van der Waals surface area contributed by atoms with Gasteiger partial charge >= 0.3 is 0 Å². The van der Waals surface area contributed by atoms with Gasteiger partial charge in [0, 0.05) is 5.56 Å². The minimum absolute atomic E-state index is 0.131. The molecule has 1 aliphatic rings. The third kappa shape index (κ3) is 2.22. The Morgan fingerprint density at radius 1 is 1.44 bits per heavy atom. The van der Waals surface area contributed by atoms with Crippen LogP contribution in [-0.2, 0) is 11.2 Å². The number of hydrogen-bond donors (Lipinski definition) is 0. The summed E-state index contributed by atoms with van der Waals surface area (Å²) in [6.07, 6.45) is 5.33. The van der Waals surface area contributed by atoms with Crippen molar-refractivity contribution in [2.75, 3.05) is 6.61 Å². The lowest BCUT2D eigenvalue weighted by Gasteiger charge is -2.22. The summed E-state index contributed by atoms with van der Waals surface area (Å²) < 4.78 is 5.56. The van der Waals surface area contributed by atoms with E-state index in [9.17, 15) is 4.79 Å². The van der Waals surface area contributed by atoms with Crippen LogP contribution in [0.15, 0.2) is 36.4 Å². The van der Waals surface area contributed by atoms with Crippen LogP contribution in [0.5, 0.6) is 0 Å². The van der Waals surface area contributed by atoms with Crippen molar-refractivity contribution in [3.63, 3.8) is 0 Å². The van der Waals surface area contributed by atoms with Gasteiger partial charge in [0.1, 0.15) is 6.10 Å². The van der Waals surface area contributed by atoms with Crippen molar-refractivity contribution in [2.45, 2.75) is 25.9 Å². The Morgan fingerprint density at radius 2 is 2.25 bits per heavy atom. The molecule has 0 spiro atoms. The molecule has 0 N–H and O–H groups in total. The van der Waals surface area contributed by atoms with E-state index in [4.69, 9.17) is 4.74 Å². The second kappa shape index (κ2) is 5.08. The van der Waals surface area contributed by atoms with Crippen LogP contribution in [0.2, 0.25) is 0 Å². The highest BCUT2D eigenvalue weighted by atomic mass is 16.5. The molecule has 1 aromatic rings. The number of carbonyl (C=O) groups excluding carboxylic acids is 1. The van der Waals surface area contributed by atoms with Gasteiger partial charge in [0.25, 0.3) is 0 Å². The number of fused-ring (bicyclic) bond motifs is 1. The molecule has 0 heterocycles. The van der Waals surface area contributed by atoms with Crippen LogP contribution in [0.1, 0.15) is 29.3 Å². The molecule has 2 nitrogen and oxygen atoms in total. The lowest BCUT2D eigenvalue weighted by molar-refractivity contribution is 0.0454. The normalized spacial score (nSPS) is 20.1. The predicted octanol–water partition coefficient (Wildman–Crippen LogP) is 2.78. The second-order valence-electron chi connectivity index (χ2n) is 3.95. The molecule has 1 unspecified atom stereocenters. The number of ketones is 1. The molecule has 2 rings (SSSR count). The smallest absolute Gasteiger partial charge is 0.191 e. The third-order valence-electron chi connectivity index (χ3n) is 2.88. The fourth-order valence-corrected chi connectivity index (χ4v) is 2.00. The van der Waals surface area contributed by atoms with Crippen LogP contribution in [0.3, 0.4) is 0 Å². The van der Waals surface area contributed by atoms with E-state index < -0.39 is 0 Å². The molecule has 0 saturated heterocycles. The standard InChI is InChI=1S/C14H16O2/c1-2-3-10-16-13-9-8-11-6-4-5-7-12(11)14(13)15/h2-7,13H,8-10H2,1H3. The highest BCUT2D eigenvalue weighted by Crippen LogP contribution is 2.22. The molecule has 1 atom stereocenters. The summed E-state index contributed by atoms with van der Waals surface area (Å²) in [6.45, 7) is 2.47. The van der Waals surface area contributed by atoms with Crippen molar-refractivity contribution >= 4 is 5.78 Å². The van der Waals surface area contributed by atoms with Crippen molar-refractivity contribution in [1.29, 1.82) is 0 Å². The van der Waals surface area contributed by atoms with Crippen molar-refractivity contribution in [1.82, 2.24) is 0 Å². The van der Waals surface area contributed by atoms with Gasteiger partial charge in [-0.05, 0) is 25.3 Å². The number of ether oxygens (including phenoxy) is 1. The number of carbonyl (C=O) groups is 1. The van der Waals surface area contributed by atoms with Crippen LogP contribution < -0.4 is 0 Å². The fourth-order valence-electron chi connectivity index (χ4n) is 2.00. The maximum Gasteiger partial charge on any atom is 0.191 e. The largest absolute Gasteiger partial charge is 0.366 e. The van der Waals surface area contributed by atoms with Crippen molar-refractivity contribution in [3.05, 3.63) is 47.5 Å². The minimum atomic E-state index is -0.258. The topological polar surface area (TPSA) is 26.3 Å². The summed E-state index contributed by atoms with van der Waals surface area (Å²) in [5, 5.41) is 0. The van der Waals surface area contributed by atoms with Gasteiger partial charge in [-0.3, -0.25) is 4.79 Å². The monoisotopic (exact) mass is 216 g/mol. The maximum absolute atomic E-state index is 12.1. The first kappa shape index (κ1) is 11.1. The summed E-state index contributed by atoms with van der Waals surface area (Å²) >= 11 is 0. The predicted molar refractivity (Wildman–Crippen MR) is 63.6 cm³/mol. The second-order valence-corrected chi connectivity index (χ2v) is 3.95. The number of allylic oxidation sites excluding steroid dienone is 1. The fraction of sp³-hybridized carbons (Fsp3) is 0.357. The van der Waals surface area contributed by atoms with Crippen molar-refractivity contribution in [2.24, 2.45) is 0 Å². The molecule has 2 heteroatoms. The lowest BCUT2D eigenvalue weighted by Crippen LogP contribution is -2.30. The van der Waals surface area contributed by atoms with Gasteiger partial charge in [-0.25, -0.2) is 0 Å². The maximum atomic E-state index is 12.1. The van der Waals surface area contributed by atoms with Crippen molar-refractivity contribution < 1.29 is 9.53 Å². The lowest BCUT2D eigenvalue weighted by atomic mass is 9.89. The summed E-state index contributed by atoms with van der Waals surface area (Å²) in [4.78, 5) is 12.1. The number of aryl methyl sites for hydroxylation is 1. The molecular weight excluding hydrogens is 200 g/mol. The summed E-state index contributed by atoms with van der Waals surface area (Å²) in [5.74, 6) is 0.131. The highest BCUT2D eigenvalue weighted by molar-refractivity contribution is 6.01. The Hall–Kier alpha value is -1.41. The summed E-state index contributed by atoms with van der Waals surface area (Å²) in [5.41, 5.74) is 1.98. The zero-order valence-corrected chi connectivity index (χ0v) is 9.48. The van der Waals surface area contributed by atoms with E-state index >= 15 is 0 Å². The molecule has 0 radical (unpaired) electrons. The zero-order valence-electron chi connectivity index (χ0n) is 9.48. The minimum Gasteiger partial charge on any atom is -0.366 e. The van der Waals surface area contributed by atoms with Gasteiger partial charge in [-0.1, -0.05) is 36.4 Å². The molecule has 0 bridgehead atoms. The Labute approximate surface area is 95.9 Å². The molecule has 84 valence electrons. The van der Waals surface area contributed by atoms with E-state index in [2.05, 4.69) is 0 Å². The van der Waals surface area contributed by atoms with Gasteiger partial charge in [0.05, 0.1) is 6.61 Å². The molecule has 0 saturated carbocycles. The Balaban J connectivity index is 2.09. The molecule has 16 heavy (non-hydrogen) atoms. The van der Waals surface area contributed by atoms with Crippen LogP contribution >= 0.6 is 0 Å². The number of hydrogen-bond acceptors (Lipinski definition) is 2. The molecule has 1 aromatic carbocycles. The van der Waals surface area contributed by atoms with Crippen molar-refractivity contribution in [3.8, 4) is 0 Å². The average Bonchev–Trinajstić information content (AvgIpc) is 2.33. The molecule has 0 aromatic heterocycles. The zero-order chi connectivity index (χ0) is 11.4. The number of Topliss-reactive ketones (excluding diaryl/α,β-unsaturated/α-hetero) is 1. The molecule has 0 amide bonds. The van der Waals surface area contributed by atoms with Gasteiger partial charge < -0.3 is 4.74 Å². The van der Waals surface area contributed by atoms with Crippen LogP contribution in [0.4, 0.5) is 0 Å². The van der Waals surface area contributed by atoms with Crippen LogP contribution in [0, 0.1) is 0 Å². The Kier molecular flexibility index (Phi) is 3.52. The molecule has 1 aliphatic carbocycles. The molecular formula is C14H16O2. The van der Waals surface area contributed by atoms with E-state index in [0.29, 0.717) is 6.61 Å². The molecule has 0 fully saturated rings. The van der Waals surface area contributed by atoms with Gasteiger partial charge in [0.15, 0.2) is 5.78 Å². The summed E-state index contributed by atoms with van der Waals surface area (Å²) in [6, 6.07) is 7.80. The Morgan fingerprint density at radius 3 is 3.06 bits per heavy atom. The number of rotatable bonds is 3. The van der Waals surface area contributed by atoms with E-state index in [1.807, 2.05) is 43.3 Å². The summed E-state index contributed by atoms with van der Waals surface area (Å²) in [7, 11) is 0. The SMILES string of the molecule is CC=CCOC1CCc2ccccc2C1=O. The highest BCUT2D eigenvalue weighted by Gasteiger charge is 2.27. The third-order valence-corrected chi connectivity index (χ3v) is 2.88. The first-order chi connectivity index (χ1) is 7.83.